The molecule has 0 aliphatic carbocycles. The van der Waals surface area contributed by atoms with Crippen LogP contribution in [0.25, 0.3) is 17.5 Å². The van der Waals surface area contributed by atoms with E-state index in [1.807, 2.05) is 30.3 Å². The van der Waals surface area contributed by atoms with Crippen LogP contribution >= 0.6 is 11.8 Å². The monoisotopic (exact) mass is 425 g/mol. The zero-order valence-electron chi connectivity index (χ0n) is 17.2. The molecule has 3 rings (SSSR count). The molecule has 3 aromatic rings. The summed E-state index contributed by atoms with van der Waals surface area (Å²) in [5.74, 6) is 1.16. The van der Waals surface area contributed by atoms with Gasteiger partial charge in [-0.15, -0.1) is 16.9 Å². The molecule has 8 heteroatoms. The number of rotatable bonds is 8. The summed E-state index contributed by atoms with van der Waals surface area (Å²) in [6, 6.07) is 13.2. The lowest BCUT2D eigenvalue weighted by Gasteiger charge is -2.07. The quantitative estimate of drug-likeness (QED) is 0.405. The van der Waals surface area contributed by atoms with Crippen LogP contribution in [0.3, 0.4) is 0 Å². The lowest BCUT2D eigenvalue weighted by Crippen LogP contribution is -2.07. The Labute approximate surface area is 179 Å². The second kappa shape index (κ2) is 9.98. The number of methoxy groups -OCH3 is 2. The van der Waals surface area contributed by atoms with Crippen LogP contribution in [0.5, 0.6) is 11.5 Å². The Hall–Kier alpha value is -3.26. The summed E-state index contributed by atoms with van der Waals surface area (Å²) in [6.07, 6.45) is 3.03. The smallest absolute Gasteiger partial charge is 0.322 e. The molecule has 0 fully saturated rings. The summed E-state index contributed by atoms with van der Waals surface area (Å²) in [7, 11) is 3.13. The van der Waals surface area contributed by atoms with E-state index in [2.05, 4.69) is 29.4 Å². The van der Waals surface area contributed by atoms with E-state index in [0.29, 0.717) is 22.6 Å². The number of benzene rings is 2. The Bertz CT molecular complexity index is 1050. The predicted molar refractivity (Wildman–Crippen MR) is 118 cm³/mol. The fraction of sp³-hybridized carbons (Fsp3) is 0.227. The topological polar surface area (TPSA) is 86.5 Å². The van der Waals surface area contributed by atoms with E-state index in [4.69, 9.17) is 13.9 Å². The first-order valence-electron chi connectivity index (χ1n) is 9.30. The summed E-state index contributed by atoms with van der Waals surface area (Å²) >= 11 is 1.75. The van der Waals surface area contributed by atoms with Crippen molar-refractivity contribution in [2.75, 3.05) is 19.5 Å². The normalized spacial score (nSPS) is 11.1. The minimum absolute atomic E-state index is 0.0360. The van der Waals surface area contributed by atoms with Crippen molar-refractivity contribution >= 4 is 29.8 Å². The van der Waals surface area contributed by atoms with Crippen LogP contribution in [0.4, 0.5) is 6.01 Å². The minimum atomic E-state index is -0.385. The standard InChI is InChI=1S/C22H23N3O4S/c1-14(2)30-17-7-5-6-16(13-17)21-24-25-22(29-21)23-20(26)11-9-15-8-10-18(27-3)19(12-15)28-4/h5-14H,1-4H3,(H,23,25,26). The van der Waals surface area contributed by atoms with E-state index in [9.17, 15) is 4.79 Å². The summed E-state index contributed by atoms with van der Waals surface area (Å²) in [5.41, 5.74) is 1.59. The second-order valence-electron chi connectivity index (χ2n) is 6.54. The number of thioether (sulfide) groups is 1. The van der Waals surface area contributed by atoms with Crippen molar-refractivity contribution in [3.63, 3.8) is 0 Å². The number of carbonyl (C=O) groups excluding carboxylic acids is 1. The molecule has 0 atom stereocenters. The molecule has 7 nitrogen and oxygen atoms in total. The first kappa shape index (κ1) is 21.4. The summed E-state index contributed by atoms with van der Waals surface area (Å²) in [6.45, 7) is 4.26. The van der Waals surface area contributed by atoms with Gasteiger partial charge in [0.1, 0.15) is 0 Å². The van der Waals surface area contributed by atoms with Gasteiger partial charge in [-0.25, -0.2) is 0 Å². The molecule has 0 aliphatic rings. The highest BCUT2D eigenvalue weighted by Crippen LogP contribution is 2.29. The molecule has 0 saturated carbocycles. The molecule has 156 valence electrons. The van der Waals surface area contributed by atoms with Crippen molar-refractivity contribution in [3.8, 4) is 23.0 Å². The molecular formula is C22H23N3O4S. The number of anilines is 1. The Balaban J connectivity index is 1.66. The lowest BCUT2D eigenvalue weighted by molar-refractivity contribution is -0.112. The van der Waals surface area contributed by atoms with E-state index in [1.54, 1.807) is 44.2 Å². The van der Waals surface area contributed by atoms with Gasteiger partial charge in [-0.1, -0.05) is 31.1 Å². The zero-order chi connectivity index (χ0) is 21.5. The van der Waals surface area contributed by atoms with Crippen LogP contribution in [-0.2, 0) is 4.79 Å². The van der Waals surface area contributed by atoms with Crippen molar-refractivity contribution in [1.82, 2.24) is 10.2 Å². The molecule has 1 N–H and O–H groups in total. The van der Waals surface area contributed by atoms with E-state index >= 15 is 0 Å². The number of ether oxygens (including phenoxy) is 2. The third-order valence-corrected chi connectivity index (χ3v) is 4.94. The van der Waals surface area contributed by atoms with Gasteiger partial charge in [-0.05, 0) is 42.0 Å². The third-order valence-electron chi connectivity index (χ3n) is 3.94. The number of nitrogens with zero attached hydrogens (tertiary/aromatic N) is 2. The van der Waals surface area contributed by atoms with Gasteiger partial charge in [0.15, 0.2) is 11.5 Å². The zero-order valence-corrected chi connectivity index (χ0v) is 18.0. The Morgan fingerprint density at radius 1 is 1.10 bits per heavy atom. The van der Waals surface area contributed by atoms with E-state index in [-0.39, 0.29) is 11.9 Å². The maximum atomic E-state index is 12.2. The fourth-order valence-electron chi connectivity index (χ4n) is 2.64. The molecule has 1 heterocycles. The van der Waals surface area contributed by atoms with Crippen LogP contribution in [0.2, 0.25) is 0 Å². The highest BCUT2D eigenvalue weighted by molar-refractivity contribution is 7.99. The summed E-state index contributed by atoms with van der Waals surface area (Å²) < 4.78 is 16.0. The van der Waals surface area contributed by atoms with Crippen LogP contribution in [0, 0.1) is 0 Å². The van der Waals surface area contributed by atoms with Gasteiger partial charge in [0.2, 0.25) is 5.89 Å². The van der Waals surface area contributed by atoms with Gasteiger partial charge in [0, 0.05) is 21.8 Å². The first-order chi connectivity index (χ1) is 14.5. The van der Waals surface area contributed by atoms with Crippen molar-refractivity contribution in [1.29, 1.82) is 0 Å². The molecule has 2 aromatic carbocycles. The summed E-state index contributed by atoms with van der Waals surface area (Å²) in [5, 5.41) is 11.0. The highest BCUT2D eigenvalue weighted by atomic mass is 32.2. The molecule has 0 saturated heterocycles. The van der Waals surface area contributed by atoms with Crippen molar-refractivity contribution in [2.24, 2.45) is 0 Å². The minimum Gasteiger partial charge on any atom is -0.493 e. The molecule has 0 unspecified atom stereocenters. The highest BCUT2D eigenvalue weighted by Gasteiger charge is 2.11. The van der Waals surface area contributed by atoms with Crippen LogP contribution in [-0.4, -0.2) is 35.6 Å². The Kier molecular flexibility index (Phi) is 7.13. The maximum absolute atomic E-state index is 12.2. The molecule has 30 heavy (non-hydrogen) atoms. The first-order valence-corrected chi connectivity index (χ1v) is 10.2. The maximum Gasteiger partial charge on any atom is 0.322 e. The van der Waals surface area contributed by atoms with Crippen molar-refractivity contribution in [3.05, 3.63) is 54.1 Å². The summed E-state index contributed by atoms with van der Waals surface area (Å²) in [4.78, 5) is 13.3. The van der Waals surface area contributed by atoms with Crippen molar-refractivity contribution in [2.45, 2.75) is 24.0 Å². The van der Waals surface area contributed by atoms with Crippen LogP contribution in [0.15, 0.2) is 57.9 Å². The second-order valence-corrected chi connectivity index (χ2v) is 8.19. The van der Waals surface area contributed by atoms with Gasteiger partial charge < -0.3 is 13.9 Å². The van der Waals surface area contributed by atoms with Crippen LogP contribution < -0.4 is 14.8 Å². The largest absolute Gasteiger partial charge is 0.493 e. The van der Waals surface area contributed by atoms with E-state index in [1.165, 1.54) is 6.08 Å². The molecule has 0 radical (unpaired) electrons. The van der Waals surface area contributed by atoms with E-state index in [0.717, 1.165) is 16.0 Å². The average molecular weight is 426 g/mol. The third kappa shape index (κ3) is 5.64. The molecule has 1 amide bonds. The van der Waals surface area contributed by atoms with Gasteiger partial charge in [0.05, 0.1) is 14.2 Å². The number of nitrogens with one attached hydrogen (secondary N) is 1. The molecule has 0 spiro atoms. The van der Waals surface area contributed by atoms with Gasteiger partial charge in [0.25, 0.3) is 5.91 Å². The molecule has 1 aromatic heterocycles. The van der Waals surface area contributed by atoms with Crippen molar-refractivity contribution < 1.29 is 18.7 Å². The number of amides is 1. The molecular weight excluding hydrogens is 402 g/mol. The molecule has 0 bridgehead atoms. The average Bonchev–Trinajstić information content (AvgIpc) is 3.20. The van der Waals surface area contributed by atoms with Gasteiger partial charge in [-0.3, -0.25) is 10.1 Å². The Morgan fingerprint density at radius 2 is 1.90 bits per heavy atom. The number of hydrogen-bond acceptors (Lipinski definition) is 7. The fourth-order valence-corrected chi connectivity index (χ4v) is 3.54. The number of aromatic nitrogens is 2. The van der Waals surface area contributed by atoms with E-state index < -0.39 is 0 Å². The lowest BCUT2D eigenvalue weighted by atomic mass is 10.2. The van der Waals surface area contributed by atoms with Crippen LogP contribution in [0.1, 0.15) is 19.4 Å². The number of hydrogen-bond donors (Lipinski definition) is 1. The predicted octanol–water partition coefficient (Wildman–Crippen LogP) is 4.91. The Morgan fingerprint density at radius 3 is 2.63 bits per heavy atom. The molecule has 0 aliphatic heterocycles. The number of carbonyl (C=O) groups is 1. The van der Waals surface area contributed by atoms with Gasteiger partial charge in [-0.2, -0.15) is 0 Å². The SMILES string of the molecule is COc1ccc(C=CC(=O)Nc2nnc(-c3cccc(SC(C)C)c3)o2)cc1OC. The van der Waals surface area contributed by atoms with Gasteiger partial charge >= 0.3 is 6.01 Å².